The van der Waals surface area contributed by atoms with Crippen molar-refractivity contribution in [1.82, 2.24) is 4.90 Å². The molecule has 0 spiro atoms. The molecule has 80 valence electrons. The van der Waals surface area contributed by atoms with Gasteiger partial charge in [-0.3, -0.25) is 0 Å². The van der Waals surface area contributed by atoms with Crippen LogP contribution in [-0.4, -0.2) is 11.9 Å². The molecule has 0 aromatic heterocycles. The Hall–Kier alpha value is -1.70. The summed E-state index contributed by atoms with van der Waals surface area (Å²) >= 11 is 0. The first-order valence-corrected chi connectivity index (χ1v) is 4.93. The third-order valence-corrected chi connectivity index (χ3v) is 2.36. The van der Waals surface area contributed by atoms with Crippen LogP contribution in [0.15, 0.2) is 60.4 Å². The summed E-state index contributed by atoms with van der Waals surface area (Å²) in [5, 5.41) is 0. The van der Waals surface area contributed by atoms with E-state index in [9.17, 15) is 0 Å². The van der Waals surface area contributed by atoms with Crippen molar-refractivity contribution < 1.29 is 4.74 Å². The summed E-state index contributed by atoms with van der Waals surface area (Å²) in [4.78, 5) is 2.04. The Balaban J connectivity index is 3.31. The fourth-order valence-corrected chi connectivity index (χ4v) is 1.61. The number of rotatable bonds is 2. The summed E-state index contributed by atoms with van der Waals surface area (Å²) in [5.74, 6) is 1.59. The zero-order chi connectivity index (χ0) is 11.4. The van der Waals surface area contributed by atoms with Crippen molar-refractivity contribution in [1.29, 1.82) is 0 Å². The van der Waals surface area contributed by atoms with Gasteiger partial charge in [0.1, 0.15) is 5.76 Å². The van der Waals surface area contributed by atoms with Gasteiger partial charge >= 0.3 is 0 Å². The molecule has 0 fully saturated rings. The monoisotopic (exact) mass is 203 g/mol. The minimum atomic E-state index is 0.742. The first-order valence-electron chi connectivity index (χ1n) is 4.93. The molecule has 2 nitrogen and oxygen atoms in total. The predicted octanol–water partition coefficient (Wildman–Crippen LogP) is 3.34. The van der Waals surface area contributed by atoms with E-state index < -0.39 is 0 Å². The maximum Gasteiger partial charge on any atom is 0.150 e. The van der Waals surface area contributed by atoms with Crippen LogP contribution in [0.3, 0.4) is 0 Å². The second kappa shape index (κ2) is 4.69. The quantitative estimate of drug-likeness (QED) is 0.682. The van der Waals surface area contributed by atoms with Gasteiger partial charge in [0.25, 0.3) is 0 Å². The molecule has 0 saturated heterocycles. The molecule has 15 heavy (non-hydrogen) atoms. The van der Waals surface area contributed by atoms with E-state index in [1.165, 1.54) is 0 Å². The van der Waals surface area contributed by atoms with Gasteiger partial charge < -0.3 is 9.64 Å². The molecule has 0 saturated carbocycles. The van der Waals surface area contributed by atoms with Gasteiger partial charge in [0.15, 0.2) is 5.76 Å². The highest BCUT2D eigenvalue weighted by Gasteiger charge is 2.22. The van der Waals surface area contributed by atoms with Gasteiger partial charge in [0.05, 0.1) is 11.4 Å². The normalized spacial score (nSPS) is 21.9. The summed E-state index contributed by atoms with van der Waals surface area (Å²) in [6.07, 6.45) is 7.42. The first kappa shape index (κ1) is 11.4. The zero-order valence-electron chi connectivity index (χ0n) is 9.58. The molecule has 1 heterocycles. The molecular formula is C13H17NO. The third kappa shape index (κ3) is 1.89. The van der Waals surface area contributed by atoms with Crippen LogP contribution in [0.1, 0.15) is 13.8 Å². The van der Waals surface area contributed by atoms with E-state index in [-0.39, 0.29) is 0 Å². The van der Waals surface area contributed by atoms with Crippen molar-refractivity contribution >= 4 is 0 Å². The van der Waals surface area contributed by atoms with Gasteiger partial charge in [-0.25, -0.2) is 0 Å². The summed E-state index contributed by atoms with van der Waals surface area (Å²) in [6.45, 7) is 11.4. The van der Waals surface area contributed by atoms with Crippen LogP contribution in [0, 0.1) is 0 Å². The Labute approximate surface area is 91.5 Å². The van der Waals surface area contributed by atoms with Crippen molar-refractivity contribution in [3.63, 3.8) is 0 Å². The maximum atomic E-state index is 5.70. The molecule has 0 aromatic carbocycles. The van der Waals surface area contributed by atoms with Crippen molar-refractivity contribution in [3.8, 4) is 0 Å². The Morgan fingerprint density at radius 2 is 1.80 bits per heavy atom. The fraction of sp³-hybridized carbons (Fsp3) is 0.231. The summed E-state index contributed by atoms with van der Waals surface area (Å²) in [7, 11) is 1.99. The van der Waals surface area contributed by atoms with Gasteiger partial charge in [-0.05, 0) is 32.1 Å². The summed E-state index contributed by atoms with van der Waals surface area (Å²) < 4.78 is 5.70. The van der Waals surface area contributed by atoms with Crippen LogP contribution in [0.5, 0.6) is 0 Å². The van der Waals surface area contributed by atoms with Crippen LogP contribution >= 0.6 is 0 Å². The fourth-order valence-electron chi connectivity index (χ4n) is 1.61. The number of likely N-dealkylation sites (N-methyl/N-ethyl adjacent to an activating group) is 1. The number of hydrogen-bond acceptors (Lipinski definition) is 2. The third-order valence-electron chi connectivity index (χ3n) is 2.36. The second-order valence-corrected chi connectivity index (χ2v) is 3.15. The Kier molecular flexibility index (Phi) is 3.56. The van der Waals surface area contributed by atoms with E-state index in [1.807, 2.05) is 37.9 Å². The molecule has 2 heteroatoms. The molecule has 1 aliphatic rings. The topological polar surface area (TPSA) is 12.5 Å². The smallest absolute Gasteiger partial charge is 0.150 e. The van der Waals surface area contributed by atoms with Crippen molar-refractivity contribution in [2.24, 2.45) is 0 Å². The summed E-state index contributed by atoms with van der Waals surface area (Å²) in [6, 6.07) is 0. The maximum absolute atomic E-state index is 5.70. The minimum Gasteiger partial charge on any atom is -0.453 e. The van der Waals surface area contributed by atoms with Crippen LogP contribution in [0.2, 0.25) is 0 Å². The molecule has 0 bridgehead atoms. The van der Waals surface area contributed by atoms with Gasteiger partial charge in [-0.1, -0.05) is 19.2 Å². The highest BCUT2D eigenvalue weighted by molar-refractivity contribution is 5.40. The lowest BCUT2D eigenvalue weighted by atomic mass is 10.2. The second-order valence-electron chi connectivity index (χ2n) is 3.15. The van der Waals surface area contributed by atoms with E-state index in [0.717, 1.165) is 22.9 Å². The van der Waals surface area contributed by atoms with E-state index in [2.05, 4.69) is 13.2 Å². The lowest BCUT2D eigenvalue weighted by Gasteiger charge is -2.31. The Bertz CT molecular complexity index is 372. The molecule has 0 aromatic rings. The first-order chi connectivity index (χ1) is 7.19. The van der Waals surface area contributed by atoms with E-state index in [4.69, 9.17) is 4.74 Å². The highest BCUT2D eigenvalue weighted by atomic mass is 16.5. The standard InChI is InChI=1S/C13H17NO/c1-6-10-12(8-3)15-13(9-4)11(7-2)14(10)5/h6-9H,1,3H2,2,4-5H3/b11-7+,13-9+. The van der Waals surface area contributed by atoms with Crippen LogP contribution in [-0.2, 0) is 4.74 Å². The molecule has 0 N–H and O–H groups in total. The lowest BCUT2D eigenvalue weighted by Crippen LogP contribution is -2.24. The van der Waals surface area contributed by atoms with Crippen LogP contribution in [0.25, 0.3) is 0 Å². The SMILES string of the molecule is C=CC1=C(C=C)N(C)C(=C/C)/C(=C\C)O1. The minimum absolute atomic E-state index is 0.742. The average molecular weight is 203 g/mol. The highest BCUT2D eigenvalue weighted by Crippen LogP contribution is 2.30. The molecule has 1 aliphatic heterocycles. The van der Waals surface area contributed by atoms with E-state index in [0.29, 0.717) is 0 Å². The lowest BCUT2D eigenvalue weighted by molar-refractivity contribution is 0.264. The molecule has 0 unspecified atom stereocenters. The average Bonchev–Trinajstić information content (AvgIpc) is 2.27. The van der Waals surface area contributed by atoms with Gasteiger partial charge in [-0.2, -0.15) is 0 Å². The van der Waals surface area contributed by atoms with Crippen molar-refractivity contribution in [2.45, 2.75) is 13.8 Å². The number of hydrogen-bond donors (Lipinski definition) is 0. The number of allylic oxidation sites excluding steroid dienone is 4. The number of ether oxygens (including phenoxy) is 1. The predicted molar refractivity (Wildman–Crippen MR) is 63.8 cm³/mol. The zero-order valence-corrected chi connectivity index (χ0v) is 9.58. The van der Waals surface area contributed by atoms with Gasteiger partial charge in [-0.15, -0.1) is 0 Å². The largest absolute Gasteiger partial charge is 0.453 e. The number of nitrogens with zero attached hydrogens (tertiary/aromatic N) is 1. The van der Waals surface area contributed by atoms with Crippen LogP contribution < -0.4 is 0 Å². The molecule has 1 rings (SSSR count). The van der Waals surface area contributed by atoms with Crippen LogP contribution in [0.4, 0.5) is 0 Å². The van der Waals surface area contributed by atoms with Crippen molar-refractivity contribution in [2.75, 3.05) is 7.05 Å². The Morgan fingerprint density at radius 1 is 1.13 bits per heavy atom. The molecule has 0 amide bonds. The van der Waals surface area contributed by atoms with Gasteiger partial charge in [0.2, 0.25) is 0 Å². The van der Waals surface area contributed by atoms with Crippen molar-refractivity contribution in [3.05, 3.63) is 60.4 Å². The Morgan fingerprint density at radius 3 is 2.20 bits per heavy atom. The molecule has 0 aliphatic carbocycles. The molecule has 0 radical (unpaired) electrons. The summed E-state index contributed by atoms with van der Waals surface area (Å²) in [5.41, 5.74) is 1.97. The van der Waals surface area contributed by atoms with E-state index >= 15 is 0 Å². The van der Waals surface area contributed by atoms with E-state index in [1.54, 1.807) is 12.2 Å². The molecule has 0 atom stereocenters. The van der Waals surface area contributed by atoms with Gasteiger partial charge in [0, 0.05) is 7.05 Å². The molecular weight excluding hydrogens is 186 g/mol.